The summed E-state index contributed by atoms with van der Waals surface area (Å²) in [5.74, 6) is 1.88. The van der Waals surface area contributed by atoms with Gasteiger partial charge in [0.05, 0.1) is 0 Å². The minimum absolute atomic E-state index is 0.358. The molecule has 0 amide bonds. The summed E-state index contributed by atoms with van der Waals surface area (Å²) in [4.78, 5) is 0. The van der Waals surface area contributed by atoms with Crippen LogP contribution in [0.3, 0.4) is 0 Å². The minimum Gasteiger partial charge on any atom is -0.508 e. The molecule has 3 rings (SSSR count). The molecule has 1 saturated carbocycles. The monoisotopic (exact) mass is 218 g/mol. The fourth-order valence-electron chi connectivity index (χ4n) is 3.04. The van der Waals surface area contributed by atoms with E-state index in [1.807, 2.05) is 12.1 Å². The second kappa shape index (κ2) is 4.00. The maximum atomic E-state index is 9.56. The molecule has 1 N–H and O–H groups in total. The van der Waals surface area contributed by atoms with Crippen LogP contribution in [0.5, 0.6) is 11.5 Å². The normalized spacial score (nSPS) is 28.5. The third-order valence-corrected chi connectivity index (χ3v) is 3.87. The molecule has 0 radical (unpaired) electrons. The lowest BCUT2D eigenvalue weighted by atomic mass is 9.85. The van der Waals surface area contributed by atoms with Gasteiger partial charge in [-0.1, -0.05) is 19.3 Å². The van der Waals surface area contributed by atoms with Crippen LogP contribution in [0.15, 0.2) is 18.2 Å². The van der Waals surface area contributed by atoms with Crippen molar-refractivity contribution in [3.8, 4) is 11.5 Å². The molecule has 1 aromatic rings. The van der Waals surface area contributed by atoms with Gasteiger partial charge in [0.15, 0.2) is 0 Å². The van der Waals surface area contributed by atoms with E-state index in [1.165, 1.54) is 44.1 Å². The van der Waals surface area contributed by atoms with E-state index in [4.69, 9.17) is 4.74 Å². The fourth-order valence-corrected chi connectivity index (χ4v) is 3.04. The highest BCUT2D eigenvalue weighted by molar-refractivity contribution is 5.45. The molecule has 1 fully saturated rings. The zero-order valence-corrected chi connectivity index (χ0v) is 9.48. The average Bonchev–Trinajstić information content (AvgIpc) is 2.55. The lowest BCUT2D eigenvalue weighted by molar-refractivity contribution is 0.177. The van der Waals surface area contributed by atoms with Crippen LogP contribution in [0.25, 0.3) is 0 Å². The zero-order chi connectivity index (χ0) is 11.0. The number of hydrogen-bond acceptors (Lipinski definition) is 2. The summed E-state index contributed by atoms with van der Waals surface area (Å²) in [6.45, 7) is 0. The smallest absolute Gasteiger partial charge is 0.123 e. The molecular formula is C14H18O2. The van der Waals surface area contributed by atoms with Crippen molar-refractivity contribution in [1.82, 2.24) is 0 Å². The highest BCUT2D eigenvalue weighted by atomic mass is 16.5. The van der Waals surface area contributed by atoms with Gasteiger partial charge in [-0.3, -0.25) is 0 Å². The van der Waals surface area contributed by atoms with Crippen molar-refractivity contribution < 1.29 is 9.84 Å². The molecule has 2 atom stereocenters. The van der Waals surface area contributed by atoms with Crippen LogP contribution in [0.2, 0.25) is 0 Å². The maximum Gasteiger partial charge on any atom is 0.123 e. The van der Waals surface area contributed by atoms with E-state index in [1.54, 1.807) is 6.07 Å². The number of aromatic hydroxyl groups is 1. The predicted octanol–water partition coefficient (Wildman–Crippen LogP) is 3.59. The van der Waals surface area contributed by atoms with Gasteiger partial charge in [0.25, 0.3) is 0 Å². The Kier molecular flexibility index (Phi) is 2.50. The molecule has 16 heavy (non-hydrogen) atoms. The molecule has 86 valence electrons. The Morgan fingerprint density at radius 1 is 1.06 bits per heavy atom. The van der Waals surface area contributed by atoms with Gasteiger partial charge in [0, 0.05) is 11.5 Å². The van der Waals surface area contributed by atoms with Crippen LogP contribution in [-0.4, -0.2) is 11.2 Å². The molecule has 2 unspecified atom stereocenters. The van der Waals surface area contributed by atoms with E-state index in [-0.39, 0.29) is 0 Å². The molecule has 1 heterocycles. The highest BCUT2D eigenvalue weighted by Crippen LogP contribution is 2.45. The van der Waals surface area contributed by atoms with Crippen LogP contribution >= 0.6 is 0 Å². The molecule has 1 aliphatic heterocycles. The van der Waals surface area contributed by atoms with Gasteiger partial charge in [-0.15, -0.1) is 0 Å². The Balaban J connectivity index is 1.92. The Hall–Kier alpha value is -1.18. The Bertz CT molecular complexity index is 386. The van der Waals surface area contributed by atoms with Crippen molar-refractivity contribution in [3.05, 3.63) is 23.8 Å². The Morgan fingerprint density at radius 3 is 2.75 bits per heavy atom. The van der Waals surface area contributed by atoms with Crippen LogP contribution in [0.4, 0.5) is 0 Å². The summed E-state index contributed by atoms with van der Waals surface area (Å²) in [6.07, 6.45) is 7.99. The number of rotatable bonds is 0. The third-order valence-electron chi connectivity index (χ3n) is 3.87. The first-order valence-electron chi connectivity index (χ1n) is 6.34. The molecule has 2 aliphatic rings. The van der Waals surface area contributed by atoms with Crippen molar-refractivity contribution in [2.45, 2.75) is 50.5 Å². The van der Waals surface area contributed by atoms with Crippen LogP contribution in [-0.2, 0) is 0 Å². The van der Waals surface area contributed by atoms with E-state index < -0.39 is 0 Å². The summed E-state index contributed by atoms with van der Waals surface area (Å²) in [7, 11) is 0. The largest absolute Gasteiger partial charge is 0.508 e. The first-order valence-corrected chi connectivity index (χ1v) is 6.34. The number of phenolic OH excluding ortho intramolecular Hbond substituents is 1. The van der Waals surface area contributed by atoms with Gasteiger partial charge in [0.1, 0.15) is 17.6 Å². The number of phenols is 1. The molecule has 0 bridgehead atoms. The topological polar surface area (TPSA) is 29.5 Å². The van der Waals surface area contributed by atoms with Crippen molar-refractivity contribution in [2.75, 3.05) is 0 Å². The van der Waals surface area contributed by atoms with Gasteiger partial charge in [-0.05, 0) is 37.5 Å². The molecule has 2 nitrogen and oxygen atoms in total. The highest BCUT2D eigenvalue weighted by Gasteiger charge is 2.34. The van der Waals surface area contributed by atoms with E-state index in [2.05, 4.69) is 0 Å². The second-order valence-corrected chi connectivity index (χ2v) is 4.98. The number of hydrogen-bond donors (Lipinski definition) is 1. The number of benzene rings is 1. The molecule has 0 saturated heterocycles. The van der Waals surface area contributed by atoms with E-state index in [9.17, 15) is 5.11 Å². The summed E-state index contributed by atoms with van der Waals surface area (Å²) in [5, 5.41) is 9.56. The van der Waals surface area contributed by atoms with E-state index in [0.717, 1.165) is 5.75 Å². The number of ether oxygens (including phenoxy) is 1. The molecule has 0 aromatic heterocycles. The van der Waals surface area contributed by atoms with Crippen LogP contribution < -0.4 is 4.74 Å². The summed E-state index contributed by atoms with van der Waals surface area (Å²) >= 11 is 0. The SMILES string of the molecule is Oc1ccc2c(c1)C1CCCCCCC1O2. The average molecular weight is 218 g/mol. The van der Waals surface area contributed by atoms with Crippen molar-refractivity contribution >= 4 is 0 Å². The molecule has 2 heteroatoms. The Morgan fingerprint density at radius 2 is 1.88 bits per heavy atom. The zero-order valence-electron chi connectivity index (χ0n) is 9.48. The number of fused-ring (bicyclic) bond motifs is 3. The first-order chi connectivity index (χ1) is 7.84. The lowest BCUT2D eigenvalue weighted by Gasteiger charge is -2.21. The molecule has 0 spiro atoms. The second-order valence-electron chi connectivity index (χ2n) is 4.98. The van der Waals surface area contributed by atoms with Gasteiger partial charge < -0.3 is 9.84 Å². The van der Waals surface area contributed by atoms with E-state index >= 15 is 0 Å². The van der Waals surface area contributed by atoms with Gasteiger partial charge in [0.2, 0.25) is 0 Å². The molecular weight excluding hydrogens is 200 g/mol. The maximum absolute atomic E-state index is 9.56. The lowest BCUT2D eigenvalue weighted by Crippen LogP contribution is -2.20. The molecule has 1 aliphatic carbocycles. The quantitative estimate of drug-likeness (QED) is 0.721. The van der Waals surface area contributed by atoms with Crippen LogP contribution in [0, 0.1) is 0 Å². The minimum atomic E-state index is 0.358. The standard InChI is InChI=1S/C14H18O2/c15-10-7-8-14-12(9-10)11-5-3-1-2-4-6-13(11)16-14/h7-9,11,13,15H,1-6H2. The van der Waals surface area contributed by atoms with Gasteiger partial charge in [-0.25, -0.2) is 0 Å². The first kappa shape index (κ1) is 10.0. The van der Waals surface area contributed by atoms with E-state index in [0.29, 0.717) is 17.8 Å². The molecule has 1 aromatic carbocycles. The van der Waals surface area contributed by atoms with Crippen molar-refractivity contribution in [3.63, 3.8) is 0 Å². The third kappa shape index (κ3) is 1.66. The van der Waals surface area contributed by atoms with Crippen molar-refractivity contribution in [2.24, 2.45) is 0 Å². The van der Waals surface area contributed by atoms with Gasteiger partial charge >= 0.3 is 0 Å². The summed E-state index contributed by atoms with van der Waals surface area (Å²) in [6, 6.07) is 5.52. The summed E-state index contributed by atoms with van der Waals surface area (Å²) < 4.78 is 5.99. The summed E-state index contributed by atoms with van der Waals surface area (Å²) in [5.41, 5.74) is 1.23. The van der Waals surface area contributed by atoms with Crippen molar-refractivity contribution in [1.29, 1.82) is 0 Å². The fraction of sp³-hybridized carbons (Fsp3) is 0.571. The Labute approximate surface area is 96.2 Å². The van der Waals surface area contributed by atoms with Crippen LogP contribution in [0.1, 0.15) is 50.0 Å². The van der Waals surface area contributed by atoms with Gasteiger partial charge in [-0.2, -0.15) is 0 Å². The predicted molar refractivity (Wildman–Crippen MR) is 63.0 cm³/mol.